The number of carbonyl (C=O) groups is 4. The van der Waals surface area contributed by atoms with Crippen molar-refractivity contribution in [3.8, 4) is 42.8 Å². The molecular weight excluding hydrogens is 785 g/mol. The van der Waals surface area contributed by atoms with Gasteiger partial charge in [-0.3, -0.25) is 19.2 Å². The zero-order valence-corrected chi connectivity index (χ0v) is 35.4. The first-order valence-corrected chi connectivity index (χ1v) is 21.3. The van der Waals surface area contributed by atoms with Gasteiger partial charge in [-0.25, -0.2) is 4.57 Å². The molecule has 0 heterocycles. The third kappa shape index (κ3) is 26.4. The van der Waals surface area contributed by atoms with E-state index < -0.39 is 24.7 Å². The van der Waals surface area contributed by atoms with Crippen molar-refractivity contribution in [1.82, 2.24) is 16.0 Å². The molecule has 1 rings (SSSR count). The van der Waals surface area contributed by atoms with Crippen molar-refractivity contribution in [2.45, 2.75) is 76.4 Å². The van der Waals surface area contributed by atoms with Crippen LogP contribution in [0.25, 0.3) is 0 Å². The van der Waals surface area contributed by atoms with Crippen molar-refractivity contribution in [2.75, 3.05) is 92.4 Å². The van der Waals surface area contributed by atoms with Crippen LogP contribution >= 0.6 is 7.60 Å². The number of ether oxygens (including phenoxy) is 6. The van der Waals surface area contributed by atoms with Crippen molar-refractivity contribution >= 4 is 31.1 Å². The summed E-state index contributed by atoms with van der Waals surface area (Å²) in [7, 11) is -4.03. The van der Waals surface area contributed by atoms with Crippen LogP contribution in [0.4, 0.5) is 0 Å². The van der Waals surface area contributed by atoms with Crippen molar-refractivity contribution < 1.29 is 61.6 Å². The number of hydrogen-bond donors (Lipinski definition) is 4. The Labute approximate surface area is 349 Å². The minimum Gasteiger partial charge on any atom is -0.424 e. The van der Waals surface area contributed by atoms with Crippen LogP contribution < -0.4 is 20.5 Å². The number of benzene rings is 1. The third-order valence-corrected chi connectivity index (χ3v) is 10.2. The molecule has 0 spiro atoms. The highest BCUT2D eigenvalue weighted by atomic mass is 31.2. The Morgan fingerprint density at radius 1 is 0.695 bits per heavy atom. The molecule has 328 valence electrons. The van der Waals surface area contributed by atoms with E-state index in [0.717, 1.165) is 0 Å². The Morgan fingerprint density at radius 2 is 1.17 bits per heavy atom. The van der Waals surface area contributed by atoms with Gasteiger partial charge in [0.15, 0.2) is 0 Å². The molecule has 0 aliphatic rings. The lowest BCUT2D eigenvalue weighted by molar-refractivity contribution is -0.121. The molecule has 1 aromatic rings. The van der Waals surface area contributed by atoms with E-state index in [2.05, 4.69) is 33.7 Å². The van der Waals surface area contributed by atoms with E-state index in [-0.39, 0.29) is 120 Å². The first-order valence-electron chi connectivity index (χ1n) is 19.6. The maximum Gasteiger partial charge on any atom is 0.379 e. The Bertz CT molecular complexity index is 1460. The fourth-order valence-electron chi connectivity index (χ4n) is 5.16. The molecule has 0 aliphatic heterocycles. The Kier molecular flexibility index (Phi) is 29.1. The van der Waals surface area contributed by atoms with Crippen molar-refractivity contribution in [2.24, 2.45) is 0 Å². The lowest BCUT2D eigenvalue weighted by Crippen LogP contribution is -2.50. The fraction of sp³-hybridized carbons (Fsp3) is 0.619. The summed E-state index contributed by atoms with van der Waals surface area (Å²) < 4.78 is 49.9. The van der Waals surface area contributed by atoms with Gasteiger partial charge in [0.05, 0.1) is 58.5 Å². The molecule has 59 heavy (non-hydrogen) atoms. The third-order valence-electron chi connectivity index (χ3n) is 8.46. The molecule has 0 saturated carbocycles. The SMILES string of the molecule is C#CCOCCOCCCC(=O)CCC(CCC(=O)NCCOCCOCC#C)(CCC(=O)NCCOCCOCC#C)NC(=O)c1cccc(OP(=O)(O)C(C)C)c1. The highest BCUT2D eigenvalue weighted by molar-refractivity contribution is 7.54. The molecule has 16 nitrogen and oxygen atoms in total. The van der Waals surface area contributed by atoms with Crippen molar-refractivity contribution in [1.29, 1.82) is 0 Å². The van der Waals surface area contributed by atoms with Crippen LogP contribution in [0.3, 0.4) is 0 Å². The second-order valence-corrected chi connectivity index (χ2v) is 15.8. The standard InChI is InChI=1S/C42H62N3O13P/c1-6-22-52-28-31-55-25-10-12-37(46)14-17-42(18-15-39(47)43-20-26-56-32-29-53-23-7-2,19-16-40(48)44-21-27-57-33-30-54-24-8-3)45-41(49)36-11-9-13-38(34-36)58-59(50,51)35(4)5/h1-3,9,11,13,34-35H,10,12,14-33H2,4-5H3,(H,43,47)(H,44,48)(H,45,49)(H,50,51). The second kappa shape index (κ2) is 32.6. The molecule has 0 fully saturated rings. The van der Waals surface area contributed by atoms with Crippen LogP contribution in [0.2, 0.25) is 0 Å². The van der Waals surface area contributed by atoms with E-state index in [4.69, 9.17) is 52.2 Å². The smallest absolute Gasteiger partial charge is 0.379 e. The Morgan fingerprint density at radius 3 is 1.66 bits per heavy atom. The summed E-state index contributed by atoms with van der Waals surface area (Å²) >= 11 is 0. The molecule has 0 aliphatic carbocycles. The van der Waals surface area contributed by atoms with E-state index >= 15 is 0 Å². The molecule has 0 bridgehead atoms. The summed E-state index contributed by atoms with van der Waals surface area (Å²) in [6.07, 6.45) is 16.3. The van der Waals surface area contributed by atoms with Crippen molar-refractivity contribution in [3.63, 3.8) is 0 Å². The predicted molar refractivity (Wildman–Crippen MR) is 222 cm³/mol. The van der Waals surface area contributed by atoms with Gasteiger partial charge in [0.1, 0.15) is 31.4 Å². The first-order chi connectivity index (χ1) is 28.4. The van der Waals surface area contributed by atoms with Gasteiger partial charge in [-0.2, -0.15) is 0 Å². The average molecular weight is 848 g/mol. The topological polar surface area (TPSA) is 206 Å². The van der Waals surface area contributed by atoms with Gasteiger partial charge >= 0.3 is 7.60 Å². The number of ketones is 1. The second-order valence-electron chi connectivity index (χ2n) is 13.5. The average Bonchev–Trinajstić information content (AvgIpc) is 3.21. The summed E-state index contributed by atoms with van der Waals surface area (Å²) in [4.78, 5) is 63.6. The first kappa shape index (κ1) is 52.7. The van der Waals surface area contributed by atoms with Crippen LogP contribution in [0.15, 0.2) is 24.3 Å². The molecular formula is C42H62N3O13P. The van der Waals surface area contributed by atoms with Gasteiger partial charge in [-0.05, 0) is 43.9 Å². The minimum absolute atomic E-state index is 0.0104. The van der Waals surface area contributed by atoms with E-state index in [9.17, 15) is 28.6 Å². The van der Waals surface area contributed by atoms with E-state index in [1.165, 1.54) is 24.3 Å². The molecule has 1 atom stereocenters. The van der Waals surface area contributed by atoms with Gasteiger partial charge in [0.2, 0.25) is 11.8 Å². The van der Waals surface area contributed by atoms with Gasteiger partial charge < -0.3 is 53.8 Å². The molecule has 4 N–H and O–H groups in total. The summed E-state index contributed by atoms with van der Waals surface area (Å²) in [5.41, 5.74) is -1.81. The van der Waals surface area contributed by atoms with Crippen LogP contribution in [-0.4, -0.2) is 132 Å². The molecule has 0 aromatic heterocycles. The molecule has 1 unspecified atom stereocenters. The van der Waals surface area contributed by atoms with E-state index in [1.54, 1.807) is 13.8 Å². The lowest BCUT2D eigenvalue weighted by atomic mass is 9.82. The monoisotopic (exact) mass is 847 g/mol. The van der Waals surface area contributed by atoms with E-state index in [0.29, 0.717) is 52.7 Å². The number of nitrogens with one attached hydrogen (secondary N) is 3. The van der Waals surface area contributed by atoms with Crippen LogP contribution in [-0.2, 0) is 47.4 Å². The highest BCUT2D eigenvalue weighted by Gasteiger charge is 2.34. The van der Waals surface area contributed by atoms with Crippen LogP contribution in [0, 0.1) is 37.0 Å². The zero-order chi connectivity index (χ0) is 43.6. The number of rotatable bonds is 36. The highest BCUT2D eigenvalue weighted by Crippen LogP contribution is 2.47. The quantitative estimate of drug-likeness (QED) is 0.0436. The predicted octanol–water partition coefficient (Wildman–Crippen LogP) is 3.05. The van der Waals surface area contributed by atoms with E-state index in [1.807, 2.05) is 0 Å². The number of terminal acetylenes is 3. The maximum atomic E-state index is 14.0. The van der Waals surface area contributed by atoms with Crippen molar-refractivity contribution in [3.05, 3.63) is 29.8 Å². The lowest BCUT2D eigenvalue weighted by Gasteiger charge is -2.35. The maximum absolute atomic E-state index is 14.0. The Hall–Kier alpha value is -4.27. The Balaban J connectivity index is 3.18. The fourth-order valence-corrected chi connectivity index (χ4v) is 5.79. The molecule has 3 amide bonds. The normalized spacial score (nSPS) is 12.1. The summed E-state index contributed by atoms with van der Waals surface area (Å²) in [5, 5.41) is 8.62. The van der Waals surface area contributed by atoms with Gasteiger partial charge in [-0.1, -0.05) is 37.7 Å². The summed E-state index contributed by atoms with van der Waals surface area (Å²) in [6.45, 7) is 6.67. The van der Waals surface area contributed by atoms with Gasteiger partial charge in [-0.15, -0.1) is 19.3 Å². The summed E-state index contributed by atoms with van der Waals surface area (Å²) in [6, 6.07) is 5.80. The number of hydrogen-bond acceptors (Lipinski definition) is 12. The molecule has 1 aromatic carbocycles. The number of Topliss-reactive ketones (excluding diaryl/α,β-unsaturated/α-hetero) is 1. The van der Waals surface area contributed by atoms with Gasteiger partial charge in [0.25, 0.3) is 5.91 Å². The van der Waals surface area contributed by atoms with Crippen LogP contribution in [0.5, 0.6) is 5.75 Å². The molecule has 17 heteroatoms. The number of amides is 3. The molecule has 0 radical (unpaired) electrons. The van der Waals surface area contributed by atoms with Gasteiger partial charge in [0, 0.05) is 56.5 Å². The largest absolute Gasteiger partial charge is 0.424 e. The minimum atomic E-state index is -4.03. The molecule has 0 saturated heterocycles. The zero-order valence-electron chi connectivity index (χ0n) is 34.5. The number of carbonyl (C=O) groups excluding carboxylic acids is 4. The van der Waals surface area contributed by atoms with Crippen LogP contribution in [0.1, 0.15) is 75.6 Å². The summed E-state index contributed by atoms with van der Waals surface area (Å²) in [5.74, 6) is 5.75.